The van der Waals surface area contributed by atoms with E-state index in [1.165, 1.54) is 6.08 Å². The van der Waals surface area contributed by atoms with Crippen LogP contribution < -0.4 is 15.0 Å². The van der Waals surface area contributed by atoms with Crippen LogP contribution in [-0.2, 0) is 16.2 Å². The Morgan fingerprint density at radius 3 is 2.50 bits per heavy atom. The van der Waals surface area contributed by atoms with Crippen LogP contribution in [0.3, 0.4) is 0 Å². The molecule has 4 rings (SSSR count). The second-order valence-electron chi connectivity index (χ2n) is 7.49. The van der Waals surface area contributed by atoms with Crippen LogP contribution >= 0.6 is 39.1 Å². The van der Waals surface area contributed by atoms with Crippen molar-refractivity contribution in [3.8, 4) is 5.75 Å². The molecule has 1 aliphatic heterocycles. The number of carbonyl (C=O) groups excluding carboxylic acids is 3. The summed E-state index contributed by atoms with van der Waals surface area (Å²) in [7, 11) is 0. The van der Waals surface area contributed by atoms with Crippen molar-refractivity contribution in [3.05, 3.63) is 97.4 Å². The van der Waals surface area contributed by atoms with Gasteiger partial charge in [-0.25, -0.2) is 9.69 Å². The second-order valence-corrected chi connectivity index (χ2v) is 9.22. The zero-order valence-corrected chi connectivity index (χ0v) is 20.9. The highest BCUT2D eigenvalue weighted by Crippen LogP contribution is 2.30. The van der Waals surface area contributed by atoms with Crippen LogP contribution in [0.25, 0.3) is 6.08 Å². The third-order valence-corrected chi connectivity index (χ3v) is 6.42. The van der Waals surface area contributed by atoms with Crippen LogP contribution in [0.1, 0.15) is 16.7 Å². The van der Waals surface area contributed by atoms with Crippen LogP contribution in [0.2, 0.25) is 10.0 Å². The van der Waals surface area contributed by atoms with Crippen molar-refractivity contribution in [1.29, 1.82) is 0 Å². The van der Waals surface area contributed by atoms with Crippen molar-refractivity contribution in [2.45, 2.75) is 13.5 Å². The molecule has 0 unspecified atom stereocenters. The molecule has 34 heavy (non-hydrogen) atoms. The average Bonchev–Trinajstić information content (AvgIpc) is 2.78. The Kier molecular flexibility index (Phi) is 7.07. The topological polar surface area (TPSA) is 75.7 Å². The molecule has 6 nitrogen and oxygen atoms in total. The number of halogens is 3. The minimum atomic E-state index is -0.822. The first kappa shape index (κ1) is 24.0. The van der Waals surface area contributed by atoms with Gasteiger partial charge in [-0.2, -0.15) is 0 Å². The van der Waals surface area contributed by atoms with E-state index in [9.17, 15) is 14.4 Å². The first-order valence-electron chi connectivity index (χ1n) is 10.1. The van der Waals surface area contributed by atoms with E-state index in [1.807, 2.05) is 19.1 Å². The van der Waals surface area contributed by atoms with Gasteiger partial charge in [-0.15, -0.1) is 0 Å². The maximum Gasteiger partial charge on any atom is 0.335 e. The lowest BCUT2D eigenvalue weighted by atomic mass is 10.1. The summed E-state index contributed by atoms with van der Waals surface area (Å²) < 4.78 is 6.74. The molecule has 172 valence electrons. The smallest absolute Gasteiger partial charge is 0.335 e. The van der Waals surface area contributed by atoms with Crippen molar-refractivity contribution in [2.24, 2.45) is 0 Å². The quantitative estimate of drug-likeness (QED) is 0.293. The fraction of sp³-hybridized carbons (Fsp3) is 0.0800. The molecule has 0 saturated carbocycles. The van der Waals surface area contributed by atoms with Gasteiger partial charge >= 0.3 is 6.03 Å². The third-order valence-electron chi connectivity index (χ3n) is 5.06. The van der Waals surface area contributed by atoms with Gasteiger partial charge in [0.25, 0.3) is 11.8 Å². The summed E-state index contributed by atoms with van der Waals surface area (Å²) in [6, 6.07) is 16.3. The Morgan fingerprint density at radius 1 is 1.00 bits per heavy atom. The van der Waals surface area contributed by atoms with Crippen molar-refractivity contribution in [2.75, 3.05) is 4.90 Å². The van der Waals surface area contributed by atoms with E-state index in [0.29, 0.717) is 27.0 Å². The van der Waals surface area contributed by atoms with Crippen molar-refractivity contribution >= 4 is 68.7 Å². The highest BCUT2D eigenvalue weighted by Gasteiger charge is 2.37. The molecule has 0 aromatic heterocycles. The summed E-state index contributed by atoms with van der Waals surface area (Å²) in [4.78, 5) is 39.2. The van der Waals surface area contributed by atoms with Gasteiger partial charge in [0.15, 0.2) is 0 Å². The zero-order chi connectivity index (χ0) is 24.4. The Morgan fingerprint density at radius 2 is 1.76 bits per heavy atom. The van der Waals surface area contributed by atoms with E-state index in [1.54, 1.807) is 48.5 Å². The highest BCUT2D eigenvalue weighted by atomic mass is 79.9. The minimum Gasteiger partial charge on any atom is -0.488 e. The molecule has 3 aromatic carbocycles. The first-order chi connectivity index (χ1) is 16.2. The third kappa shape index (κ3) is 5.17. The molecule has 1 N–H and O–H groups in total. The number of amides is 4. The van der Waals surface area contributed by atoms with Gasteiger partial charge in [0.05, 0.1) is 5.69 Å². The van der Waals surface area contributed by atoms with Gasteiger partial charge in [-0.3, -0.25) is 14.9 Å². The number of urea groups is 1. The predicted molar refractivity (Wildman–Crippen MR) is 135 cm³/mol. The van der Waals surface area contributed by atoms with Crippen LogP contribution in [0.15, 0.2) is 70.7 Å². The summed E-state index contributed by atoms with van der Waals surface area (Å²) in [6.45, 7) is 2.04. The van der Waals surface area contributed by atoms with Crippen molar-refractivity contribution in [1.82, 2.24) is 5.32 Å². The number of nitrogens with zero attached hydrogens (tertiary/aromatic N) is 1. The highest BCUT2D eigenvalue weighted by molar-refractivity contribution is 9.10. The number of imide groups is 2. The monoisotopic (exact) mass is 558 g/mol. The molecule has 1 aliphatic rings. The minimum absolute atomic E-state index is 0.210. The number of rotatable bonds is 5. The predicted octanol–water partition coefficient (Wildman–Crippen LogP) is 6.31. The summed E-state index contributed by atoms with van der Waals surface area (Å²) >= 11 is 15.6. The summed E-state index contributed by atoms with van der Waals surface area (Å²) in [5.74, 6) is -1.16. The van der Waals surface area contributed by atoms with E-state index in [2.05, 4.69) is 21.2 Å². The lowest BCUT2D eigenvalue weighted by Crippen LogP contribution is -2.54. The lowest BCUT2D eigenvalue weighted by molar-refractivity contribution is -0.122. The molecule has 9 heteroatoms. The summed E-state index contributed by atoms with van der Waals surface area (Å²) in [5.41, 5.74) is 2.19. The van der Waals surface area contributed by atoms with Gasteiger partial charge in [0, 0.05) is 20.1 Å². The zero-order valence-electron chi connectivity index (χ0n) is 17.8. The van der Waals surface area contributed by atoms with E-state index in [-0.39, 0.29) is 12.2 Å². The maximum atomic E-state index is 13.2. The largest absolute Gasteiger partial charge is 0.488 e. The second kappa shape index (κ2) is 10.0. The van der Waals surface area contributed by atoms with Crippen LogP contribution in [-0.4, -0.2) is 17.8 Å². The maximum absolute atomic E-state index is 13.2. The number of nitrogens with one attached hydrogen (secondary N) is 1. The first-order valence-corrected chi connectivity index (χ1v) is 11.6. The summed E-state index contributed by atoms with van der Waals surface area (Å²) in [6.07, 6.45) is 1.36. The number of hydrogen-bond acceptors (Lipinski definition) is 4. The number of hydrogen-bond donors (Lipinski definition) is 1. The van der Waals surface area contributed by atoms with E-state index in [4.69, 9.17) is 27.9 Å². The fourth-order valence-corrected chi connectivity index (χ4v) is 4.01. The summed E-state index contributed by atoms with van der Waals surface area (Å²) in [5, 5.41) is 3.19. The van der Waals surface area contributed by atoms with E-state index < -0.39 is 17.8 Å². The molecule has 0 aliphatic carbocycles. The number of barbiturate groups is 1. The lowest BCUT2D eigenvalue weighted by Gasteiger charge is -2.27. The molecule has 1 saturated heterocycles. The van der Waals surface area contributed by atoms with E-state index >= 15 is 0 Å². The molecule has 4 amide bonds. The van der Waals surface area contributed by atoms with Gasteiger partial charge < -0.3 is 4.74 Å². The van der Waals surface area contributed by atoms with E-state index in [0.717, 1.165) is 20.5 Å². The fourth-order valence-electron chi connectivity index (χ4n) is 3.37. The normalized spacial score (nSPS) is 15.0. The van der Waals surface area contributed by atoms with Crippen LogP contribution in [0, 0.1) is 6.92 Å². The number of anilines is 1. The Balaban J connectivity index is 1.68. The molecule has 3 aromatic rings. The number of benzene rings is 3. The Bertz CT molecular complexity index is 1360. The van der Waals surface area contributed by atoms with Crippen LogP contribution in [0.5, 0.6) is 5.75 Å². The number of ether oxygens (including phenoxy) is 1. The van der Waals surface area contributed by atoms with Crippen molar-refractivity contribution in [3.63, 3.8) is 0 Å². The number of carbonyl (C=O) groups is 3. The van der Waals surface area contributed by atoms with Gasteiger partial charge in [0.2, 0.25) is 0 Å². The molecule has 0 atom stereocenters. The van der Waals surface area contributed by atoms with Crippen molar-refractivity contribution < 1.29 is 19.1 Å². The molecule has 0 spiro atoms. The molecular formula is C25H17BrCl2N2O4. The average molecular weight is 560 g/mol. The molecule has 0 bridgehead atoms. The SMILES string of the molecule is Cc1cc(N2C(=O)NC(=O)/C(=C/c3cc(Cl)ccc3OCc3cccc(Cl)c3)C2=O)ccc1Br. The Hall–Kier alpha value is -3.13. The van der Waals surface area contributed by atoms with Gasteiger partial charge in [-0.05, 0) is 72.7 Å². The standard InChI is InChI=1S/C25H17BrCl2N2O4/c1-14-9-19(6-7-21(14)26)30-24(32)20(23(31)29-25(30)33)12-16-11-18(28)5-8-22(16)34-13-15-3-2-4-17(27)10-15/h2-12H,13H2,1H3,(H,29,31,33)/b20-12-. The number of aryl methyl sites for hydroxylation is 1. The Labute approximate surface area is 214 Å². The van der Waals surface area contributed by atoms with Gasteiger partial charge in [0.1, 0.15) is 17.9 Å². The molecule has 0 radical (unpaired) electrons. The molecule has 1 fully saturated rings. The molecule has 1 heterocycles. The van der Waals surface area contributed by atoms with Crippen LogP contribution in [0.4, 0.5) is 10.5 Å². The molecular weight excluding hydrogens is 543 g/mol. The van der Waals surface area contributed by atoms with Gasteiger partial charge in [-0.1, -0.05) is 51.3 Å².